The van der Waals surface area contributed by atoms with Crippen LogP contribution in [0.3, 0.4) is 0 Å². The molecule has 0 atom stereocenters. The van der Waals surface area contributed by atoms with Gasteiger partial charge >= 0.3 is 11.9 Å². The van der Waals surface area contributed by atoms with Crippen LogP contribution in [0.4, 0.5) is 0 Å². The smallest absolute Gasteiger partial charge is 0.335 e. The zero-order valence-electron chi connectivity index (χ0n) is 14.7. The van der Waals surface area contributed by atoms with Crippen molar-refractivity contribution >= 4 is 36.4 Å². The maximum absolute atomic E-state index is 12.1. The summed E-state index contributed by atoms with van der Waals surface area (Å²) >= 11 is 10.2. The molecule has 1 aromatic carbocycles. The Hall–Kier alpha value is -3.10. The average molecular weight is 412 g/mol. The van der Waals surface area contributed by atoms with E-state index in [2.05, 4.69) is 0 Å². The molecule has 6 nitrogen and oxygen atoms in total. The van der Waals surface area contributed by atoms with Crippen molar-refractivity contribution in [1.29, 1.82) is 0 Å². The first kappa shape index (κ1) is 19.7. The Kier molecular flexibility index (Phi) is 6.46. The minimum Gasteiger partial charge on any atom is -0.335 e. The SMILES string of the molecule is O=C(Cc1ccc(CC(=O)On2ccccc2=S)cc1)On1ccccc1=S. The van der Waals surface area contributed by atoms with E-state index in [1.54, 1.807) is 73.1 Å². The third-order valence-electron chi connectivity index (χ3n) is 3.70. The molecule has 0 aliphatic carbocycles. The van der Waals surface area contributed by atoms with E-state index >= 15 is 0 Å². The molecule has 142 valence electrons. The lowest BCUT2D eigenvalue weighted by molar-refractivity contribution is -0.144. The van der Waals surface area contributed by atoms with E-state index in [1.807, 2.05) is 0 Å². The van der Waals surface area contributed by atoms with Gasteiger partial charge in [0.25, 0.3) is 0 Å². The van der Waals surface area contributed by atoms with Gasteiger partial charge in [-0.2, -0.15) is 9.46 Å². The molecule has 0 fully saturated rings. The van der Waals surface area contributed by atoms with Crippen molar-refractivity contribution in [3.05, 3.63) is 93.5 Å². The summed E-state index contributed by atoms with van der Waals surface area (Å²) in [4.78, 5) is 34.5. The molecule has 0 unspecified atom stereocenters. The van der Waals surface area contributed by atoms with Gasteiger partial charge in [-0.25, -0.2) is 9.59 Å². The molecule has 0 radical (unpaired) electrons. The van der Waals surface area contributed by atoms with E-state index in [4.69, 9.17) is 34.1 Å². The molecule has 0 spiro atoms. The van der Waals surface area contributed by atoms with Crippen molar-refractivity contribution in [3.8, 4) is 0 Å². The lowest BCUT2D eigenvalue weighted by Crippen LogP contribution is -2.22. The predicted molar refractivity (Wildman–Crippen MR) is 108 cm³/mol. The lowest BCUT2D eigenvalue weighted by Gasteiger charge is -2.08. The van der Waals surface area contributed by atoms with Crippen molar-refractivity contribution in [2.45, 2.75) is 12.8 Å². The molecule has 0 aliphatic rings. The quantitative estimate of drug-likeness (QED) is 0.580. The van der Waals surface area contributed by atoms with Gasteiger partial charge in [0.2, 0.25) is 0 Å². The van der Waals surface area contributed by atoms with Gasteiger partial charge in [-0.1, -0.05) is 60.8 Å². The molecule has 0 saturated heterocycles. The van der Waals surface area contributed by atoms with Gasteiger partial charge in [0, 0.05) is 12.4 Å². The normalized spacial score (nSPS) is 10.3. The molecule has 28 heavy (non-hydrogen) atoms. The second-order valence-electron chi connectivity index (χ2n) is 5.83. The standard InChI is InChI=1S/C20H16N2O4S2/c23-19(25-21-11-3-1-5-17(21)27)13-15-7-9-16(10-8-15)14-20(24)26-22-12-4-2-6-18(22)28/h1-12H,13-14H2. The third-order valence-corrected chi connectivity index (χ3v) is 4.33. The third kappa shape index (κ3) is 5.45. The van der Waals surface area contributed by atoms with Gasteiger partial charge in [0.1, 0.15) is 9.28 Å². The molecular formula is C20H16N2O4S2. The molecule has 0 amide bonds. The van der Waals surface area contributed by atoms with E-state index < -0.39 is 11.9 Å². The summed E-state index contributed by atoms with van der Waals surface area (Å²) in [6.07, 6.45) is 3.32. The van der Waals surface area contributed by atoms with Crippen LogP contribution in [-0.4, -0.2) is 21.4 Å². The Labute approximate surface area is 171 Å². The maximum atomic E-state index is 12.1. The molecule has 3 rings (SSSR count). The highest BCUT2D eigenvalue weighted by molar-refractivity contribution is 7.71. The monoisotopic (exact) mass is 412 g/mol. The van der Waals surface area contributed by atoms with Crippen LogP contribution in [0, 0.1) is 9.28 Å². The Morgan fingerprint density at radius 1 is 0.679 bits per heavy atom. The zero-order chi connectivity index (χ0) is 19.9. The summed E-state index contributed by atoms with van der Waals surface area (Å²) in [7, 11) is 0. The second-order valence-corrected chi connectivity index (χ2v) is 6.66. The molecule has 0 aliphatic heterocycles. The van der Waals surface area contributed by atoms with Crippen molar-refractivity contribution in [1.82, 2.24) is 9.46 Å². The Morgan fingerprint density at radius 3 is 1.43 bits per heavy atom. The van der Waals surface area contributed by atoms with Gasteiger partial charge in [-0.3, -0.25) is 0 Å². The summed E-state index contributed by atoms with van der Waals surface area (Å²) < 4.78 is 3.31. The molecule has 0 bridgehead atoms. The highest BCUT2D eigenvalue weighted by Gasteiger charge is 2.09. The Balaban J connectivity index is 1.56. The molecule has 2 aromatic heterocycles. The number of benzene rings is 1. The summed E-state index contributed by atoms with van der Waals surface area (Å²) in [5, 5.41) is 0. The fourth-order valence-corrected chi connectivity index (χ4v) is 2.72. The number of carbonyl (C=O) groups is 2. The summed E-state index contributed by atoms with van der Waals surface area (Å²) in [5.74, 6) is -0.874. The summed E-state index contributed by atoms with van der Waals surface area (Å²) in [6.45, 7) is 0. The predicted octanol–water partition coefficient (Wildman–Crippen LogP) is 3.14. The Morgan fingerprint density at radius 2 is 1.07 bits per heavy atom. The van der Waals surface area contributed by atoms with Gasteiger partial charge in [0.15, 0.2) is 0 Å². The second kappa shape index (κ2) is 9.20. The maximum Gasteiger partial charge on any atom is 0.337 e. The Bertz CT molecular complexity index is 1020. The van der Waals surface area contributed by atoms with E-state index in [1.165, 1.54) is 9.46 Å². The molecule has 3 aromatic rings. The van der Waals surface area contributed by atoms with Crippen molar-refractivity contribution in [2.24, 2.45) is 0 Å². The summed E-state index contributed by atoms with van der Waals surface area (Å²) in [6, 6.07) is 17.4. The minimum absolute atomic E-state index is 0.0839. The number of hydrogen-bond acceptors (Lipinski definition) is 6. The van der Waals surface area contributed by atoms with Gasteiger partial charge in [-0.15, -0.1) is 0 Å². The first-order chi connectivity index (χ1) is 13.5. The van der Waals surface area contributed by atoms with Gasteiger partial charge < -0.3 is 9.68 Å². The number of pyridine rings is 2. The molecular weight excluding hydrogens is 396 g/mol. The largest absolute Gasteiger partial charge is 0.337 e. The van der Waals surface area contributed by atoms with Crippen LogP contribution in [0.2, 0.25) is 0 Å². The van der Waals surface area contributed by atoms with Crippen molar-refractivity contribution < 1.29 is 19.3 Å². The molecule has 8 heteroatoms. The van der Waals surface area contributed by atoms with Crippen LogP contribution in [0.25, 0.3) is 0 Å². The highest BCUT2D eigenvalue weighted by Crippen LogP contribution is 2.07. The lowest BCUT2D eigenvalue weighted by atomic mass is 10.1. The van der Waals surface area contributed by atoms with Crippen LogP contribution in [0.15, 0.2) is 73.1 Å². The first-order valence-corrected chi connectivity index (χ1v) is 9.18. The van der Waals surface area contributed by atoms with Crippen molar-refractivity contribution in [3.63, 3.8) is 0 Å². The van der Waals surface area contributed by atoms with Crippen LogP contribution in [0.1, 0.15) is 11.1 Å². The van der Waals surface area contributed by atoms with E-state index in [9.17, 15) is 9.59 Å². The molecule has 0 saturated carbocycles. The fourth-order valence-electron chi connectivity index (χ4n) is 2.37. The van der Waals surface area contributed by atoms with Gasteiger partial charge in [-0.05, 0) is 35.4 Å². The average Bonchev–Trinajstić information content (AvgIpc) is 2.67. The van der Waals surface area contributed by atoms with E-state index in [-0.39, 0.29) is 12.8 Å². The number of carbonyl (C=O) groups excluding carboxylic acids is 2. The van der Waals surface area contributed by atoms with Crippen LogP contribution in [-0.2, 0) is 22.4 Å². The highest BCUT2D eigenvalue weighted by atomic mass is 32.1. The van der Waals surface area contributed by atoms with Gasteiger partial charge in [0.05, 0.1) is 12.8 Å². The van der Waals surface area contributed by atoms with Crippen LogP contribution < -0.4 is 9.68 Å². The van der Waals surface area contributed by atoms with Crippen LogP contribution in [0.5, 0.6) is 0 Å². The molecule has 2 heterocycles. The number of nitrogens with zero attached hydrogens (tertiary/aromatic N) is 2. The van der Waals surface area contributed by atoms with Crippen molar-refractivity contribution in [2.75, 3.05) is 0 Å². The first-order valence-electron chi connectivity index (χ1n) is 8.37. The topological polar surface area (TPSA) is 62.5 Å². The van der Waals surface area contributed by atoms with E-state index in [0.29, 0.717) is 9.28 Å². The zero-order valence-corrected chi connectivity index (χ0v) is 16.3. The number of rotatable bonds is 6. The summed E-state index contributed by atoms with van der Waals surface area (Å²) in [5.41, 5.74) is 1.52. The fraction of sp³-hybridized carbons (Fsp3) is 0.100. The number of hydrogen-bond donors (Lipinski definition) is 0. The van der Waals surface area contributed by atoms with E-state index in [0.717, 1.165) is 11.1 Å². The minimum atomic E-state index is -0.437. The van der Waals surface area contributed by atoms with Crippen LogP contribution >= 0.6 is 24.4 Å². The molecule has 0 N–H and O–H groups in total. The number of aromatic nitrogens is 2.